The predicted molar refractivity (Wildman–Crippen MR) is 115 cm³/mol. The van der Waals surface area contributed by atoms with Gasteiger partial charge in [0.1, 0.15) is 4.32 Å². The molecular weight excluding hydrogens is 392 g/mol. The molecule has 0 atom stereocenters. The number of benzene rings is 1. The molecule has 1 saturated heterocycles. The highest BCUT2D eigenvalue weighted by Crippen LogP contribution is 2.20. The number of unbranched alkanes of at least 4 members (excludes halogenated alkanes) is 2. The largest absolute Gasteiger partial charge is 0.341 e. The van der Waals surface area contributed by atoms with Crippen molar-refractivity contribution >= 4 is 40.1 Å². The third kappa shape index (κ3) is 5.42. The van der Waals surface area contributed by atoms with Crippen LogP contribution in [0.4, 0.5) is 0 Å². The topological polar surface area (TPSA) is 58.4 Å². The number of amides is 2. The van der Waals surface area contributed by atoms with Crippen LogP contribution in [0, 0.1) is 0 Å². The van der Waals surface area contributed by atoms with E-state index in [0.29, 0.717) is 29.6 Å². The number of para-hydroxylation sites is 1. The Kier molecular flexibility index (Phi) is 7.22. The van der Waals surface area contributed by atoms with Crippen molar-refractivity contribution in [2.45, 2.75) is 32.2 Å². The number of carbonyl (C=O) groups excluding carboxylic acids is 2. The van der Waals surface area contributed by atoms with Gasteiger partial charge in [-0.2, -0.15) is 5.10 Å². The number of carbonyl (C=O) groups is 2. The summed E-state index contributed by atoms with van der Waals surface area (Å²) in [5.74, 6) is 0.681. The molecule has 1 fully saturated rings. The Morgan fingerprint density at radius 2 is 2.04 bits per heavy atom. The molecular formula is C20H24N4O2S2. The fraction of sp³-hybridized carbons (Fsp3) is 0.400. The molecule has 1 aliphatic heterocycles. The smallest absolute Gasteiger partial charge is 0.238 e. The van der Waals surface area contributed by atoms with Gasteiger partial charge in [-0.15, -0.1) is 0 Å². The van der Waals surface area contributed by atoms with Crippen molar-refractivity contribution < 1.29 is 9.59 Å². The SMILES string of the molecule is CN(Cc1cnn(-c2ccccc2)c1)C(=O)CCCCCN1C(=O)CSC1=S. The highest BCUT2D eigenvalue weighted by Gasteiger charge is 2.25. The van der Waals surface area contributed by atoms with E-state index in [2.05, 4.69) is 5.10 Å². The van der Waals surface area contributed by atoms with Crippen molar-refractivity contribution in [3.8, 4) is 5.69 Å². The van der Waals surface area contributed by atoms with Gasteiger partial charge in [-0.1, -0.05) is 48.6 Å². The summed E-state index contributed by atoms with van der Waals surface area (Å²) >= 11 is 6.59. The first-order valence-electron chi connectivity index (χ1n) is 9.34. The highest BCUT2D eigenvalue weighted by molar-refractivity contribution is 8.23. The van der Waals surface area contributed by atoms with Crippen LogP contribution in [0.1, 0.15) is 31.2 Å². The van der Waals surface area contributed by atoms with E-state index in [9.17, 15) is 9.59 Å². The zero-order valence-electron chi connectivity index (χ0n) is 15.9. The van der Waals surface area contributed by atoms with Gasteiger partial charge in [-0.3, -0.25) is 14.5 Å². The summed E-state index contributed by atoms with van der Waals surface area (Å²) in [6.45, 7) is 1.20. The first-order chi connectivity index (χ1) is 13.5. The molecule has 1 aromatic heterocycles. The maximum atomic E-state index is 12.4. The first kappa shape index (κ1) is 20.5. The van der Waals surface area contributed by atoms with Crippen molar-refractivity contribution in [2.24, 2.45) is 0 Å². The molecule has 28 heavy (non-hydrogen) atoms. The molecule has 2 aromatic rings. The monoisotopic (exact) mass is 416 g/mol. The zero-order valence-corrected chi connectivity index (χ0v) is 17.5. The minimum atomic E-state index is 0.0989. The van der Waals surface area contributed by atoms with E-state index >= 15 is 0 Å². The van der Waals surface area contributed by atoms with Gasteiger partial charge in [0.05, 0.1) is 17.6 Å². The van der Waals surface area contributed by atoms with E-state index in [-0.39, 0.29) is 11.8 Å². The minimum Gasteiger partial charge on any atom is -0.341 e. The molecule has 0 bridgehead atoms. The molecule has 148 valence electrons. The second-order valence-electron chi connectivity index (χ2n) is 6.79. The average molecular weight is 417 g/mol. The Morgan fingerprint density at radius 3 is 2.75 bits per heavy atom. The molecule has 1 aromatic carbocycles. The van der Waals surface area contributed by atoms with Gasteiger partial charge in [0.15, 0.2) is 0 Å². The zero-order chi connectivity index (χ0) is 19.9. The summed E-state index contributed by atoms with van der Waals surface area (Å²) in [4.78, 5) is 27.4. The molecule has 8 heteroatoms. The molecule has 0 aliphatic carbocycles. The second-order valence-corrected chi connectivity index (χ2v) is 8.40. The van der Waals surface area contributed by atoms with Gasteiger partial charge in [0, 0.05) is 38.3 Å². The summed E-state index contributed by atoms with van der Waals surface area (Å²) in [5.41, 5.74) is 2.00. The van der Waals surface area contributed by atoms with E-state index < -0.39 is 0 Å². The molecule has 6 nitrogen and oxygen atoms in total. The fourth-order valence-electron chi connectivity index (χ4n) is 3.04. The summed E-state index contributed by atoms with van der Waals surface area (Å²) in [7, 11) is 1.82. The Morgan fingerprint density at radius 1 is 1.25 bits per heavy atom. The quantitative estimate of drug-likeness (QED) is 0.464. The lowest BCUT2D eigenvalue weighted by Gasteiger charge is -2.17. The van der Waals surface area contributed by atoms with Gasteiger partial charge < -0.3 is 4.90 Å². The van der Waals surface area contributed by atoms with Crippen LogP contribution in [0.2, 0.25) is 0 Å². The summed E-state index contributed by atoms with van der Waals surface area (Å²) in [6, 6.07) is 9.90. The van der Waals surface area contributed by atoms with Crippen molar-refractivity contribution in [3.05, 3.63) is 48.3 Å². The van der Waals surface area contributed by atoms with Crippen molar-refractivity contribution in [1.82, 2.24) is 19.6 Å². The average Bonchev–Trinajstić information content (AvgIpc) is 3.29. The van der Waals surface area contributed by atoms with Crippen LogP contribution < -0.4 is 0 Å². The molecule has 0 radical (unpaired) electrons. The molecule has 0 N–H and O–H groups in total. The Bertz CT molecular complexity index is 822. The molecule has 2 amide bonds. The molecule has 1 aliphatic rings. The number of thiocarbonyl (C=S) groups is 1. The van der Waals surface area contributed by atoms with Crippen molar-refractivity contribution in [3.63, 3.8) is 0 Å². The van der Waals surface area contributed by atoms with Gasteiger partial charge in [-0.25, -0.2) is 4.68 Å². The number of aromatic nitrogens is 2. The van der Waals surface area contributed by atoms with E-state index in [0.717, 1.165) is 30.5 Å². The number of hydrogen-bond donors (Lipinski definition) is 0. The van der Waals surface area contributed by atoms with E-state index in [1.54, 1.807) is 16.0 Å². The Hall–Kier alpha value is -2.19. The Labute approximate surface area is 174 Å². The second kappa shape index (κ2) is 9.84. The number of thioether (sulfide) groups is 1. The van der Waals surface area contributed by atoms with E-state index in [1.807, 2.05) is 48.3 Å². The lowest BCUT2D eigenvalue weighted by Crippen LogP contribution is -2.29. The number of rotatable bonds is 9. The highest BCUT2D eigenvalue weighted by atomic mass is 32.2. The first-order valence-corrected chi connectivity index (χ1v) is 10.7. The van der Waals surface area contributed by atoms with Gasteiger partial charge in [-0.05, 0) is 25.0 Å². The molecule has 2 heterocycles. The minimum absolute atomic E-state index is 0.0989. The standard InChI is InChI=1S/C20H24N4O2S2/c1-22(13-16-12-21-24(14-16)17-8-4-2-5-9-17)18(25)10-6-3-7-11-23-19(26)15-28-20(23)27/h2,4-5,8-9,12,14H,3,6-7,10-11,13,15H2,1H3. The predicted octanol–water partition coefficient (Wildman–Crippen LogP) is 3.25. The lowest BCUT2D eigenvalue weighted by atomic mass is 10.1. The number of hydrogen-bond acceptors (Lipinski definition) is 5. The molecule has 3 rings (SSSR count). The number of nitrogens with zero attached hydrogens (tertiary/aromatic N) is 4. The fourth-order valence-corrected chi connectivity index (χ4v) is 4.16. The summed E-state index contributed by atoms with van der Waals surface area (Å²) < 4.78 is 2.49. The summed E-state index contributed by atoms with van der Waals surface area (Å²) in [5, 5.41) is 4.37. The van der Waals surface area contributed by atoms with Crippen molar-refractivity contribution in [1.29, 1.82) is 0 Å². The van der Waals surface area contributed by atoms with Gasteiger partial charge in [0.25, 0.3) is 0 Å². The molecule has 0 saturated carbocycles. The van der Waals surface area contributed by atoms with Crippen LogP contribution in [-0.4, -0.2) is 55.1 Å². The van der Waals surface area contributed by atoms with Crippen LogP contribution in [0.3, 0.4) is 0 Å². The van der Waals surface area contributed by atoms with Crippen LogP contribution >= 0.6 is 24.0 Å². The maximum absolute atomic E-state index is 12.4. The third-order valence-corrected chi connectivity index (χ3v) is 6.05. The van der Waals surface area contributed by atoms with Crippen molar-refractivity contribution in [2.75, 3.05) is 19.3 Å². The summed E-state index contributed by atoms with van der Waals surface area (Å²) in [6.07, 6.45) is 6.85. The van der Waals surface area contributed by atoms with Crippen LogP contribution in [0.25, 0.3) is 5.69 Å². The Balaban J connectivity index is 1.37. The maximum Gasteiger partial charge on any atom is 0.238 e. The lowest BCUT2D eigenvalue weighted by molar-refractivity contribution is -0.130. The van der Waals surface area contributed by atoms with Crippen LogP contribution in [0.15, 0.2) is 42.7 Å². The molecule has 0 unspecified atom stereocenters. The van der Waals surface area contributed by atoms with E-state index in [1.165, 1.54) is 11.8 Å². The van der Waals surface area contributed by atoms with Crippen LogP contribution in [-0.2, 0) is 16.1 Å². The molecule has 0 spiro atoms. The third-order valence-electron chi connectivity index (χ3n) is 4.62. The van der Waals surface area contributed by atoms with E-state index in [4.69, 9.17) is 12.2 Å². The van der Waals surface area contributed by atoms with Gasteiger partial charge in [0.2, 0.25) is 11.8 Å². The van der Waals surface area contributed by atoms with Gasteiger partial charge >= 0.3 is 0 Å². The normalized spacial score (nSPS) is 14.0. The van der Waals surface area contributed by atoms with Crippen LogP contribution in [0.5, 0.6) is 0 Å².